The summed E-state index contributed by atoms with van der Waals surface area (Å²) in [7, 11) is -4.88. The average molecular weight is 916 g/mol. The number of anilines is 2. The molecule has 9 rings (SSSR count). The molecule has 16 nitrogen and oxygen atoms in total. The van der Waals surface area contributed by atoms with Crippen molar-refractivity contribution in [1.82, 2.24) is 24.6 Å². The summed E-state index contributed by atoms with van der Waals surface area (Å²) in [6.07, 6.45) is 12.6. The van der Waals surface area contributed by atoms with E-state index in [1.165, 1.54) is 49.1 Å². The van der Waals surface area contributed by atoms with E-state index in [0.29, 0.717) is 55.1 Å². The molecule has 0 unspecified atom stereocenters. The van der Waals surface area contributed by atoms with Gasteiger partial charge in [-0.2, -0.15) is 0 Å². The minimum atomic E-state index is -4.88. The van der Waals surface area contributed by atoms with Gasteiger partial charge in [-0.15, -0.1) is 0 Å². The molecule has 2 saturated carbocycles. The fourth-order valence-corrected chi connectivity index (χ4v) is 11.9. The minimum Gasteiger partial charge on any atom is -0.455 e. The number of hydrogen-bond donors (Lipinski definition) is 4. The predicted octanol–water partition coefficient (Wildman–Crippen LogP) is 9.39. The van der Waals surface area contributed by atoms with Gasteiger partial charge in [0, 0.05) is 61.1 Å². The van der Waals surface area contributed by atoms with Crippen molar-refractivity contribution in [3.8, 4) is 11.5 Å². The molecule has 2 aromatic carbocycles. The first kappa shape index (κ1) is 45.1. The largest absolute Gasteiger partial charge is 0.455 e. The quantitative estimate of drug-likeness (QED) is 0.0496. The summed E-state index contributed by atoms with van der Waals surface area (Å²) in [6, 6.07) is 19.3. The first-order chi connectivity index (χ1) is 31.6. The molecule has 346 valence electrons. The number of aromatic amines is 1. The van der Waals surface area contributed by atoms with E-state index < -0.39 is 42.9 Å². The number of nitro groups is 1. The number of carbonyl (C=O) groups is 1. The third-order valence-corrected chi connectivity index (χ3v) is 15.9. The fraction of sp³-hybridized carbons (Fsp3) is 0.469. The number of nitrogens with one attached hydrogen (secondary N) is 3. The van der Waals surface area contributed by atoms with Crippen LogP contribution in [0.1, 0.15) is 118 Å². The Morgan fingerprint density at radius 2 is 1.82 bits per heavy atom. The second-order valence-corrected chi connectivity index (χ2v) is 21.1. The van der Waals surface area contributed by atoms with Crippen molar-refractivity contribution in [2.45, 2.75) is 113 Å². The maximum absolute atomic E-state index is 14.1. The third kappa shape index (κ3) is 9.18. The summed E-state index contributed by atoms with van der Waals surface area (Å²) < 4.78 is 36.2. The number of piperidine rings is 1. The zero-order valence-electron chi connectivity index (χ0n) is 37.6. The Morgan fingerprint density at radius 1 is 1.06 bits per heavy atom. The standard InChI is InChI=1S/C49H57N9O7S/c1-31(2)37-8-5-6-9-38(37)40-10-7-21-57(40)35-27-49(28-35)18-22-56(23-19-49)34-11-12-39(42(25-34)65-36-24-33-15-20-51-44(33)53-30-36)47(59)55-66(63,64)43-26-41(58(61)62)45(54-46(43)50-4)52-29-32-13-16-48(3,60)17-14-32/h5-6,8-9,11-12,15,20,24-26,30-32,35,40,60H,7,10,13-14,16-19,21-23,27-29H2,1-3H3,(H,51,53)(H,52,54)(H,55,59)/t32?,40-,48?/m0/s1. The number of hydrogen-bond acceptors (Lipinski definition) is 12. The number of ether oxygens (including phenoxy) is 1. The van der Waals surface area contributed by atoms with E-state index >= 15 is 0 Å². The van der Waals surface area contributed by atoms with E-state index in [-0.39, 0.29) is 35.0 Å². The maximum Gasteiger partial charge on any atom is 0.335 e. The van der Waals surface area contributed by atoms with E-state index in [1.54, 1.807) is 31.3 Å². The number of nitrogens with zero attached hydrogens (tertiary/aromatic N) is 6. The maximum atomic E-state index is 14.1. The zero-order valence-corrected chi connectivity index (χ0v) is 38.4. The van der Waals surface area contributed by atoms with E-state index in [2.05, 4.69) is 73.0 Å². The van der Waals surface area contributed by atoms with Crippen LogP contribution in [0.4, 0.5) is 23.0 Å². The lowest BCUT2D eigenvalue weighted by molar-refractivity contribution is -0.384. The molecule has 4 fully saturated rings. The number of fused-ring (bicyclic) bond motifs is 1. The van der Waals surface area contributed by atoms with Crippen LogP contribution in [0.2, 0.25) is 0 Å². The Bertz CT molecular complexity index is 2790. The van der Waals surface area contributed by atoms with E-state index in [9.17, 15) is 28.4 Å². The van der Waals surface area contributed by atoms with Crippen molar-refractivity contribution in [3.05, 3.63) is 111 Å². The third-order valence-electron chi connectivity index (χ3n) is 14.6. The van der Waals surface area contributed by atoms with Crippen molar-refractivity contribution in [1.29, 1.82) is 0 Å². The molecule has 2 aliphatic heterocycles. The van der Waals surface area contributed by atoms with Gasteiger partial charge < -0.3 is 29.9 Å². The summed E-state index contributed by atoms with van der Waals surface area (Å²) in [6.45, 7) is 17.1. The number of aliphatic hydroxyl groups is 1. The van der Waals surface area contributed by atoms with Crippen LogP contribution in [-0.2, 0) is 10.0 Å². The van der Waals surface area contributed by atoms with Crippen LogP contribution in [0.25, 0.3) is 15.9 Å². The van der Waals surface area contributed by atoms with Gasteiger partial charge >= 0.3 is 5.69 Å². The van der Waals surface area contributed by atoms with Crippen LogP contribution in [0.5, 0.6) is 11.5 Å². The molecule has 0 radical (unpaired) electrons. The Kier molecular flexibility index (Phi) is 12.3. The molecule has 1 amide bonds. The van der Waals surface area contributed by atoms with E-state index in [4.69, 9.17) is 11.3 Å². The molecule has 2 saturated heterocycles. The number of rotatable bonds is 13. The topological polar surface area (TPSA) is 200 Å². The second kappa shape index (κ2) is 17.9. The summed E-state index contributed by atoms with van der Waals surface area (Å²) in [5, 5.41) is 26.3. The molecule has 66 heavy (non-hydrogen) atoms. The molecule has 5 heterocycles. The molecule has 2 aliphatic carbocycles. The highest BCUT2D eigenvalue weighted by molar-refractivity contribution is 7.90. The van der Waals surface area contributed by atoms with Crippen LogP contribution < -0.4 is 19.7 Å². The van der Waals surface area contributed by atoms with Crippen molar-refractivity contribution in [2.75, 3.05) is 36.4 Å². The highest BCUT2D eigenvalue weighted by Crippen LogP contribution is 2.54. The smallest absolute Gasteiger partial charge is 0.335 e. The Balaban J connectivity index is 0.919. The molecular formula is C49H57N9O7S. The van der Waals surface area contributed by atoms with Gasteiger partial charge in [0.25, 0.3) is 27.6 Å². The zero-order chi connectivity index (χ0) is 46.4. The van der Waals surface area contributed by atoms with Gasteiger partial charge in [-0.1, -0.05) is 49.7 Å². The first-order valence-electron chi connectivity index (χ1n) is 23.1. The van der Waals surface area contributed by atoms with Gasteiger partial charge in [0.1, 0.15) is 22.0 Å². The highest BCUT2D eigenvalue weighted by Gasteiger charge is 2.50. The number of aromatic nitrogens is 3. The lowest BCUT2D eigenvalue weighted by Gasteiger charge is -2.56. The van der Waals surface area contributed by atoms with Gasteiger partial charge in [0.15, 0.2) is 0 Å². The molecule has 17 heteroatoms. The van der Waals surface area contributed by atoms with E-state index in [0.717, 1.165) is 49.6 Å². The lowest BCUT2D eigenvalue weighted by atomic mass is 9.59. The second-order valence-electron chi connectivity index (χ2n) is 19.4. The minimum absolute atomic E-state index is 0.0842. The van der Waals surface area contributed by atoms with Gasteiger partial charge in [-0.3, -0.25) is 19.8 Å². The number of H-pyrrole nitrogens is 1. The number of pyridine rings is 2. The highest BCUT2D eigenvalue weighted by atomic mass is 32.2. The molecule has 1 atom stereocenters. The number of likely N-dealkylation sites (tertiary alicyclic amines) is 1. The van der Waals surface area contributed by atoms with Crippen LogP contribution in [0.3, 0.4) is 0 Å². The van der Waals surface area contributed by atoms with Crippen LogP contribution in [-0.4, -0.2) is 82.0 Å². The van der Waals surface area contributed by atoms with Crippen molar-refractivity contribution >= 4 is 50.0 Å². The Morgan fingerprint density at radius 3 is 2.55 bits per heavy atom. The van der Waals surface area contributed by atoms with Gasteiger partial charge in [-0.05, 0) is 130 Å². The molecule has 4 N–H and O–H groups in total. The number of benzene rings is 2. The summed E-state index contributed by atoms with van der Waals surface area (Å²) >= 11 is 0. The molecule has 0 bridgehead atoms. The number of amides is 1. The predicted molar refractivity (Wildman–Crippen MR) is 252 cm³/mol. The van der Waals surface area contributed by atoms with Crippen LogP contribution in [0.15, 0.2) is 78.0 Å². The Labute approximate surface area is 385 Å². The average Bonchev–Trinajstić information content (AvgIpc) is 3.97. The van der Waals surface area contributed by atoms with Gasteiger partial charge in [0.2, 0.25) is 0 Å². The monoisotopic (exact) mass is 915 g/mol. The molecule has 3 aromatic heterocycles. The van der Waals surface area contributed by atoms with Crippen molar-refractivity contribution in [2.24, 2.45) is 11.3 Å². The van der Waals surface area contributed by atoms with Crippen LogP contribution in [0, 0.1) is 28.0 Å². The van der Waals surface area contributed by atoms with Gasteiger partial charge in [-0.25, -0.2) is 18.1 Å². The van der Waals surface area contributed by atoms with Crippen molar-refractivity contribution in [3.63, 3.8) is 0 Å². The molecular weight excluding hydrogens is 859 g/mol. The first-order valence-corrected chi connectivity index (χ1v) is 24.5. The normalized spacial score (nSPS) is 22.3. The fourth-order valence-electron chi connectivity index (χ4n) is 10.8. The number of sulfonamides is 1. The molecule has 1 spiro atoms. The Hall–Kier alpha value is -6.09. The molecule has 5 aromatic rings. The summed E-state index contributed by atoms with van der Waals surface area (Å²) in [5.74, 6) is -0.973. The molecule has 4 aliphatic rings. The van der Waals surface area contributed by atoms with Crippen molar-refractivity contribution < 1.29 is 28.0 Å². The lowest BCUT2D eigenvalue weighted by Crippen LogP contribution is -2.54. The van der Waals surface area contributed by atoms with Gasteiger partial charge in [0.05, 0.1) is 22.3 Å². The summed E-state index contributed by atoms with van der Waals surface area (Å²) in [4.78, 5) is 44.6. The van der Waals surface area contributed by atoms with E-state index in [1.807, 2.05) is 10.8 Å². The van der Waals surface area contributed by atoms with Crippen LogP contribution >= 0.6 is 0 Å². The SMILES string of the molecule is [C-]#[N+]c1nc(NCC2CCC(C)(O)CC2)c([N+](=O)[O-])cc1S(=O)(=O)NC(=O)c1ccc(N2CCC3(CC2)CC(N2CCC[C@H]2c2ccccc2C(C)C)C3)cc1Oc1cnc2[nH]ccc2c1. The number of carbonyl (C=O) groups excluding carboxylic acids is 1. The summed E-state index contributed by atoms with van der Waals surface area (Å²) in [5.41, 5.74) is 3.13.